The lowest BCUT2D eigenvalue weighted by atomic mass is 10.2. The van der Waals surface area contributed by atoms with Crippen LogP contribution in [0.15, 0.2) is 23.7 Å². The molecule has 0 saturated carbocycles. The Hall–Kier alpha value is -2.98. The first kappa shape index (κ1) is 31.1. The minimum Gasteiger partial charge on any atom is -0.475 e. The molecule has 3 rings (SSSR count). The monoisotopic (exact) mass is 546 g/mol. The summed E-state index contributed by atoms with van der Waals surface area (Å²) in [5.41, 5.74) is 2.45. The average Bonchev–Trinajstić information content (AvgIpc) is 3.09. The number of carboxylic acids is 2. The Morgan fingerprint density at radius 3 is 2.17 bits per heavy atom. The number of aromatic nitrogens is 2. The van der Waals surface area contributed by atoms with Crippen molar-refractivity contribution < 1.29 is 50.9 Å². The largest absolute Gasteiger partial charge is 0.490 e. The molecule has 3 heterocycles. The molecule has 0 aromatic carbocycles. The number of aryl methyl sites for hydroxylation is 1. The first-order chi connectivity index (χ1) is 16.6. The second-order valence-electron chi connectivity index (χ2n) is 7.14. The van der Waals surface area contributed by atoms with Crippen molar-refractivity contribution in [2.45, 2.75) is 32.4 Å². The van der Waals surface area contributed by atoms with Crippen molar-refractivity contribution >= 4 is 29.1 Å². The van der Waals surface area contributed by atoms with E-state index in [1.807, 2.05) is 12.3 Å². The van der Waals surface area contributed by atoms with E-state index >= 15 is 0 Å². The van der Waals surface area contributed by atoms with Crippen molar-refractivity contribution in [2.75, 3.05) is 38.3 Å². The minimum atomic E-state index is -5.08. The van der Waals surface area contributed by atoms with Crippen LogP contribution in [0.3, 0.4) is 0 Å². The van der Waals surface area contributed by atoms with Gasteiger partial charge < -0.3 is 19.8 Å². The summed E-state index contributed by atoms with van der Waals surface area (Å²) in [6.07, 6.45) is -8.29. The number of carbonyl (C=O) groups is 2. The van der Waals surface area contributed by atoms with Gasteiger partial charge in [-0.2, -0.15) is 26.3 Å². The molecule has 9 nitrogen and oxygen atoms in total. The van der Waals surface area contributed by atoms with Crippen LogP contribution in [0.4, 0.5) is 32.2 Å². The van der Waals surface area contributed by atoms with Crippen LogP contribution in [0.25, 0.3) is 0 Å². The van der Waals surface area contributed by atoms with Gasteiger partial charge in [0.25, 0.3) is 0 Å². The molecule has 0 spiro atoms. The van der Waals surface area contributed by atoms with E-state index in [-0.39, 0.29) is 0 Å². The summed E-state index contributed by atoms with van der Waals surface area (Å²) < 4.78 is 68.7. The molecule has 0 saturated heterocycles. The van der Waals surface area contributed by atoms with E-state index in [2.05, 4.69) is 38.1 Å². The number of carboxylic acid groups (broad SMARTS) is 2. The van der Waals surface area contributed by atoms with Gasteiger partial charge in [-0.05, 0) is 13.0 Å². The summed E-state index contributed by atoms with van der Waals surface area (Å²) in [6.45, 7) is 7.46. The Balaban J connectivity index is 0.000000383. The smallest absolute Gasteiger partial charge is 0.475 e. The second-order valence-corrected chi connectivity index (χ2v) is 8.20. The Labute approximate surface area is 205 Å². The number of pyridine rings is 1. The van der Waals surface area contributed by atoms with Crippen LogP contribution in [-0.4, -0.2) is 82.7 Å². The van der Waals surface area contributed by atoms with Crippen molar-refractivity contribution in [2.24, 2.45) is 0 Å². The number of rotatable bonds is 5. The molecule has 0 unspecified atom stereocenters. The van der Waals surface area contributed by atoms with Gasteiger partial charge in [0.15, 0.2) is 0 Å². The maximum Gasteiger partial charge on any atom is 0.490 e. The van der Waals surface area contributed by atoms with E-state index in [4.69, 9.17) is 24.5 Å². The lowest BCUT2D eigenvalue weighted by Gasteiger charge is -2.23. The molecule has 2 aromatic rings. The number of aliphatic carboxylic acids is 2. The van der Waals surface area contributed by atoms with Crippen molar-refractivity contribution in [3.8, 4) is 0 Å². The number of fused-ring (bicyclic) bond motifs is 1. The number of halogens is 6. The van der Waals surface area contributed by atoms with Gasteiger partial charge in [-0.3, -0.25) is 4.90 Å². The number of alkyl halides is 6. The van der Waals surface area contributed by atoms with Gasteiger partial charge in [-0.25, -0.2) is 19.6 Å². The Kier molecular flexibility index (Phi) is 12.0. The number of thiazole rings is 1. The SMILES string of the molecule is COCCN1CCN(Cc2csc(C)n2)Cc2cccnc21.O=C(O)C(F)(F)F.O=C(O)C(F)(F)F. The molecule has 1 aliphatic heterocycles. The number of hydrogen-bond acceptors (Lipinski definition) is 8. The van der Waals surface area contributed by atoms with E-state index in [1.165, 1.54) is 11.3 Å². The topological polar surface area (TPSA) is 116 Å². The fourth-order valence-electron chi connectivity index (χ4n) is 2.79. The third kappa shape index (κ3) is 11.2. The van der Waals surface area contributed by atoms with Crippen LogP contribution in [0, 0.1) is 6.92 Å². The van der Waals surface area contributed by atoms with Gasteiger partial charge >= 0.3 is 24.3 Å². The Morgan fingerprint density at radius 1 is 1.11 bits per heavy atom. The number of anilines is 1. The van der Waals surface area contributed by atoms with Gasteiger partial charge in [-0.15, -0.1) is 11.3 Å². The quantitative estimate of drug-likeness (QED) is 0.543. The first-order valence-electron chi connectivity index (χ1n) is 10.1. The average molecular weight is 546 g/mol. The molecule has 0 atom stereocenters. The first-order valence-corrected chi connectivity index (χ1v) is 10.9. The third-order valence-electron chi connectivity index (χ3n) is 4.35. The van der Waals surface area contributed by atoms with Gasteiger partial charge in [0.2, 0.25) is 0 Å². The molecule has 2 N–H and O–H groups in total. The normalized spacial score (nSPS) is 13.9. The second kappa shape index (κ2) is 13.9. The van der Waals surface area contributed by atoms with Crippen LogP contribution in [-0.2, 0) is 27.4 Å². The lowest BCUT2D eigenvalue weighted by molar-refractivity contribution is -0.193. The molecule has 16 heteroatoms. The summed E-state index contributed by atoms with van der Waals surface area (Å²) >= 11 is 1.72. The zero-order valence-electron chi connectivity index (χ0n) is 19.1. The zero-order valence-corrected chi connectivity index (χ0v) is 20.0. The van der Waals surface area contributed by atoms with Crippen LogP contribution >= 0.6 is 11.3 Å². The molecular weight excluding hydrogens is 522 g/mol. The molecule has 0 bridgehead atoms. The molecule has 0 radical (unpaired) electrons. The number of ether oxygens (including phenoxy) is 1. The van der Waals surface area contributed by atoms with Crippen molar-refractivity contribution in [3.63, 3.8) is 0 Å². The molecule has 0 aliphatic carbocycles. The van der Waals surface area contributed by atoms with E-state index < -0.39 is 24.3 Å². The highest BCUT2D eigenvalue weighted by Gasteiger charge is 2.38. The molecule has 1 aliphatic rings. The molecule has 0 amide bonds. The zero-order chi connectivity index (χ0) is 27.5. The summed E-state index contributed by atoms with van der Waals surface area (Å²) in [4.78, 5) is 31.7. The van der Waals surface area contributed by atoms with Gasteiger partial charge in [0.1, 0.15) is 5.82 Å². The van der Waals surface area contributed by atoms with Gasteiger partial charge in [0.05, 0.1) is 17.3 Å². The highest BCUT2D eigenvalue weighted by Crippen LogP contribution is 2.23. The van der Waals surface area contributed by atoms with Crippen molar-refractivity contribution in [1.82, 2.24) is 14.9 Å². The molecule has 36 heavy (non-hydrogen) atoms. The summed E-state index contributed by atoms with van der Waals surface area (Å²) in [7, 11) is 1.74. The van der Waals surface area contributed by atoms with E-state index in [1.54, 1.807) is 18.4 Å². The molecule has 202 valence electrons. The van der Waals surface area contributed by atoms with Gasteiger partial charge in [0, 0.05) is 57.0 Å². The Morgan fingerprint density at radius 2 is 1.69 bits per heavy atom. The predicted octanol–water partition coefficient (Wildman–Crippen LogP) is 3.58. The van der Waals surface area contributed by atoms with Crippen LogP contribution in [0.2, 0.25) is 0 Å². The highest BCUT2D eigenvalue weighted by molar-refractivity contribution is 7.09. The van der Waals surface area contributed by atoms with Crippen molar-refractivity contribution in [3.05, 3.63) is 40.0 Å². The highest BCUT2D eigenvalue weighted by atomic mass is 32.1. The molecule has 0 fully saturated rings. The minimum absolute atomic E-state index is 0.724. The van der Waals surface area contributed by atoms with Crippen molar-refractivity contribution in [1.29, 1.82) is 0 Å². The third-order valence-corrected chi connectivity index (χ3v) is 5.17. The fourth-order valence-corrected chi connectivity index (χ4v) is 3.39. The number of methoxy groups -OCH3 is 1. The fraction of sp³-hybridized carbons (Fsp3) is 0.500. The summed E-state index contributed by atoms with van der Waals surface area (Å²) in [5, 5.41) is 17.5. The molecular formula is C20H24F6N4O5S. The van der Waals surface area contributed by atoms with Crippen LogP contribution in [0.1, 0.15) is 16.3 Å². The van der Waals surface area contributed by atoms with E-state index in [9.17, 15) is 26.3 Å². The number of hydrogen-bond donors (Lipinski definition) is 2. The molecule has 2 aromatic heterocycles. The number of nitrogens with zero attached hydrogens (tertiary/aromatic N) is 4. The standard InChI is InChI=1S/C16H22N4OS.2C2HF3O2/c1-13-18-15(12-22-13)11-19-6-7-20(8-9-21-2)16-14(10-19)4-3-5-17-16;2*3-2(4,5)1(6)7/h3-5,12H,6-11H2,1-2H3;2*(H,6,7). The van der Waals surface area contributed by atoms with E-state index in [0.717, 1.165) is 50.2 Å². The van der Waals surface area contributed by atoms with Crippen LogP contribution in [0.5, 0.6) is 0 Å². The van der Waals surface area contributed by atoms with Gasteiger partial charge in [-0.1, -0.05) is 6.07 Å². The summed E-state index contributed by atoms with van der Waals surface area (Å²) in [6, 6.07) is 4.19. The maximum atomic E-state index is 10.6. The van der Waals surface area contributed by atoms with Crippen LogP contribution < -0.4 is 4.90 Å². The maximum absolute atomic E-state index is 10.6. The summed E-state index contributed by atoms with van der Waals surface area (Å²) in [5.74, 6) is -4.42. The van der Waals surface area contributed by atoms with E-state index in [0.29, 0.717) is 0 Å². The predicted molar refractivity (Wildman–Crippen MR) is 117 cm³/mol. The Bertz CT molecular complexity index is 962. The lowest BCUT2D eigenvalue weighted by Crippen LogP contribution is -2.33.